The Morgan fingerprint density at radius 3 is 2.52 bits per heavy atom. The van der Waals surface area contributed by atoms with Crippen LogP contribution in [-0.4, -0.2) is 27.3 Å². The van der Waals surface area contributed by atoms with Gasteiger partial charge in [-0.05, 0) is 49.1 Å². The van der Waals surface area contributed by atoms with E-state index >= 15 is 0 Å². The van der Waals surface area contributed by atoms with Crippen LogP contribution < -0.4 is 9.47 Å². The quantitative estimate of drug-likeness (QED) is 0.185. The van der Waals surface area contributed by atoms with Gasteiger partial charge in [0.1, 0.15) is 0 Å². The monoisotopic (exact) mass is 465 g/mol. The number of alkyl halides is 3. The molecule has 33 heavy (non-hydrogen) atoms. The highest BCUT2D eigenvalue weighted by Crippen LogP contribution is 2.29. The number of esters is 1. The molecule has 176 valence electrons. The first-order chi connectivity index (χ1) is 15.7. The van der Waals surface area contributed by atoms with E-state index in [1.54, 1.807) is 6.20 Å². The molecule has 2 heterocycles. The lowest BCUT2D eigenvalue weighted by atomic mass is 10.1. The van der Waals surface area contributed by atoms with E-state index in [1.807, 2.05) is 6.92 Å². The summed E-state index contributed by atoms with van der Waals surface area (Å²) < 4.78 is 64.4. The maximum absolute atomic E-state index is 14.3. The number of carbonyl (C=O) groups excluding carboxylic acids is 1. The van der Waals surface area contributed by atoms with Gasteiger partial charge in [-0.15, -0.1) is 0 Å². The van der Waals surface area contributed by atoms with Crippen LogP contribution in [0, 0.1) is 5.82 Å². The fourth-order valence-corrected chi connectivity index (χ4v) is 3.19. The lowest BCUT2D eigenvalue weighted by molar-refractivity contribution is -0.138. The van der Waals surface area contributed by atoms with Crippen molar-refractivity contribution in [3.8, 4) is 17.3 Å². The normalized spacial score (nSPS) is 11.5. The molecule has 0 unspecified atom stereocenters. The molecular weight excluding hydrogens is 442 g/mol. The van der Waals surface area contributed by atoms with Crippen LogP contribution in [0.25, 0.3) is 5.82 Å². The SMILES string of the molecule is CCCc1nn(-c2ccc(C(F)(F)F)cn2)cc1CCCOc1cccc(OC(C)=O)c1F. The number of ether oxygens (including phenoxy) is 2. The molecule has 2 aromatic heterocycles. The summed E-state index contributed by atoms with van der Waals surface area (Å²) in [5, 5.41) is 4.48. The standard InChI is InChI=1S/C23H23F4N3O3/c1-3-6-18-16(14-30(29-18)21-11-10-17(13-28-21)23(25,26)27)7-5-12-32-19-8-4-9-20(22(19)24)33-15(2)31/h4,8-11,13-14H,3,5-7,12H2,1-2H3. The number of carbonyl (C=O) groups is 1. The predicted octanol–water partition coefficient (Wildman–Crippen LogP) is 5.31. The molecule has 0 N–H and O–H groups in total. The van der Waals surface area contributed by atoms with Crippen LogP contribution in [0.2, 0.25) is 0 Å². The molecule has 0 atom stereocenters. The minimum absolute atomic E-state index is 0.0211. The number of hydrogen-bond donors (Lipinski definition) is 0. The Morgan fingerprint density at radius 2 is 1.88 bits per heavy atom. The third-order valence-electron chi connectivity index (χ3n) is 4.70. The fraction of sp³-hybridized carbons (Fsp3) is 0.348. The smallest absolute Gasteiger partial charge is 0.417 e. The molecule has 0 radical (unpaired) electrons. The van der Waals surface area contributed by atoms with Crippen LogP contribution >= 0.6 is 0 Å². The third kappa shape index (κ3) is 6.30. The van der Waals surface area contributed by atoms with E-state index in [0.29, 0.717) is 19.3 Å². The number of pyridine rings is 1. The maximum Gasteiger partial charge on any atom is 0.417 e. The first-order valence-electron chi connectivity index (χ1n) is 10.4. The number of aromatic nitrogens is 3. The Morgan fingerprint density at radius 1 is 1.12 bits per heavy atom. The van der Waals surface area contributed by atoms with E-state index in [9.17, 15) is 22.4 Å². The lowest BCUT2D eigenvalue weighted by Crippen LogP contribution is -2.07. The summed E-state index contributed by atoms with van der Waals surface area (Å²) in [6, 6.07) is 6.55. The van der Waals surface area contributed by atoms with Gasteiger partial charge in [0.05, 0.1) is 17.9 Å². The summed E-state index contributed by atoms with van der Waals surface area (Å²) in [4.78, 5) is 14.9. The second-order valence-corrected chi connectivity index (χ2v) is 7.31. The van der Waals surface area contributed by atoms with E-state index in [-0.39, 0.29) is 23.9 Å². The number of rotatable bonds is 9. The molecule has 0 spiro atoms. The Labute approximate surface area is 188 Å². The molecule has 6 nitrogen and oxygen atoms in total. The average molecular weight is 465 g/mol. The van der Waals surface area contributed by atoms with Gasteiger partial charge in [-0.25, -0.2) is 9.67 Å². The van der Waals surface area contributed by atoms with Crippen molar-refractivity contribution in [1.82, 2.24) is 14.8 Å². The zero-order valence-corrected chi connectivity index (χ0v) is 18.2. The van der Waals surface area contributed by atoms with Crippen molar-refractivity contribution in [3.05, 3.63) is 65.4 Å². The van der Waals surface area contributed by atoms with Crippen molar-refractivity contribution in [2.75, 3.05) is 6.61 Å². The van der Waals surface area contributed by atoms with Crippen LogP contribution in [0.1, 0.15) is 43.5 Å². The zero-order chi connectivity index (χ0) is 24.0. The number of halogens is 4. The zero-order valence-electron chi connectivity index (χ0n) is 18.2. The van der Waals surface area contributed by atoms with Crippen molar-refractivity contribution in [2.24, 2.45) is 0 Å². The summed E-state index contributed by atoms with van der Waals surface area (Å²) in [7, 11) is 0. The molecule has 3 rings (SSSR count). The molecule has 0 aliphatic rings. The highest BCUT2D eigenvalue weighted by atomic mass is 19.4. The summed E-state index contributed by atoms with van der Waals surface area (Å²) in [5.41, 5.74) is 0.910. The Balaban J connectivity index is 1.65. The molecule has 0 saturated heterocycles. The minimum Gasteiger partial charge on any atom is -0.490 e. The molecule has 0 fully saturated rings. The van der Waals surface area contributed by atoms with Gasteiger partial charge in [0.25, 0.3) is 0 Å². The fourth-order valence-electron chi connectivity index (χ4n) is 3.19. The van der Waals surface area contributed by atoms with Crippen molar-refractivity contribution < 1.29 is 31.8 Å². The van der Waals surface area contributed by atoms with Crippen LogP contribution in [0.15, 0.2) is 42.7 Å². The van der Waals surface area contributed by atoms with Crippen molar-refractivity contribution in [3.63, 3.8) is 0 Å². The summed E-state index contributed by atoms with van der Waals surface area (Å²) in [5.74, 6) is -1.32. The van der Waals surface area contributed by atoms with Gasteiger partial charge >= 0.3 is 12.1 Å². The van der Waals surface area contributed by atoms with E-state index in [0.717, 1.165) is 29.9 Å². The summed E-state index contributed by atoms with van der Waals surface area (Å²) in [6.07, 6.45) is 0.718. The highest BCUT2D eigenvalue weighted by molar-refractivity contribution is 5.69. The van der Waals surface area contributed by atoms with Crippen molar-refractivity contribution in [2.45, 2.75) is 45.7 Å². The van der Waals surface area contributed by atoms with E-state index in [4.69, 9.17) is 9.47 Å². The Bertz CT molecular complexity index is 1100. The number of nitrogens with zero attached hydrogens (tertiary/aromatic N) is 3. The number of aryl methyl sites for hydroxylation is 2. The molecule has 1 aromatic carbocycles. The molecule has 0 aliphatic heterocycles. The Kier molecular flexibility index (Phi) is 7.67. The van der Waals surface area contributed by atoms with Crippen LogP contribution in [0.4, 0.5) is 17.6 Å². The molecule has 0 saturated carbocycles. The minimum atomic E-state index is -4.45. The van der Waals surface area contributed by atoms with E-state index in [1.165, 1.54) is 35.9 Å². The molecule has 0 bridgehead atoms. The molecular formula is C23H23F4N3O3. The molecule has 0 amide bonds. The summed E-state index contributed by atoms with van der Waals surface area (Å²) >= 11 is 0. The van der Waals surface area contributed by atoms with Gasteiger partial charge in [0, 0.05) is 19.3 Å². The number of hydrogen-bond acceptors (Lipinski definition) is 5. The molecule has 3 aromatic rings. The first-order valence-corrected chi connectivity index (χ1v) is 10.4. The van der Waals surface area contributed by atoms with Gasteiger partial charge in [-0.2, -0.15) is 22.7 Å². The largest absolute Gasteiger partial charge is 0.490 e. The van der Waals surface area contributed by atoms with Gasteiger partial charge in [-0.3, -0.25) is 4.79 Å². The van der Waals surface area contributed by atoms with E-state index < -0.39 is 23.5 Å². The lowest BCUT2D eigenvalue weighted by Gasteiger charge is -2.09. The van der Waals surface area contributed by atoms with Gasteiger partial charge in [0.15, 0.2) is 17.3 Å². The van der Waals surface area contributed by atoms with Crippen molar-refractivity contribution in [1.29, 1.82) is 0 Å². The average Bonchev–Trinajstić information content (AvgIpc) is 3.16. The van der Waals surface area contributed by atoms with Crippen molar-refractivity contribution >= 4 is 5.97 Å². The third-order valence-corrected chi connectivity index (χ3v) is 4.70. The maximum atomic E-state index is 14.3. The van der Waals surface area contributed by atoms with Crippen LogP contribution in [0.3, 0.4) is 0 Å². The predicted molar refractivity (Wildman–Crippen MR) is 112 cm³/mol. The van der Waals surface area contributed by atoms with Crippen LogP contribution in [-0.2, 0) is 23.8 Å². The second-order valence-electron chi connectivity index (χ2n) is 7.31. The van der Waals surface area contributed by atoms with Gasteiger partial charge in [-0.1, -0.05) is 19.4 Å². The second kappa shape index (κ2) is 10.5. The van der Waals surface area contributed by atoms with Crippen LogP contribution in [0.5, 0.6) is 11.5 Å². The molecule has 10 heteroatoms. The highest BCUT2D eigenvalue weighted by Gasteiger charge is 2.30. The summed E-state index contributed by atoms with van der Waals surface area (Å²) in [6.45, 7) is 3.39. The number of benzene rings is 1. The Hall–Kier alpha value is -3.43. The first kappa shape index (κ1) is 24.2. The topological polar surface area (TPSA) is 66.2 Å². The van der Waals surface area contributed by atoms with Gasteiger partial charge < -0.3 is 9.47 Å². The van der Waals surface area contributed by atoms with Gasteiger partial charge in [0.2, 0.25) is 5.82 Å². The van der Waals surface area contributed by atoms with E-state index in [2.05, 4.69) is 10.1 Å². The molecule has 0 aliphatic carbocycles.